The largest absolute Gasteiger partial charge is 0.375 e. The molecule has 2 nitrogen and oxygen atoms in total. The van der Waals surface area contributed by atoms with Gasteiger partial charge < -0.3 is 10.1 Å². The Kier molecular flexibility index (Phi) is 5.50. The van der Waals surface area contributed by atoms with Crippen molar-refractivity contribution < 1.29 is 4.74 Å². The molecule has 0 aromatic heterocycles. The minimum atomic E-state index is -0.0640. The zero-order chi connectivity index (χ0) is 11.9. The molecule has 0 saturated heterocycles. The van der Waals surface area contributed by atoms with Crippen LogP contribution < -0.4 is 5.32 Å². The third-order valence-corrected chi connectivity index (χ3v) is 2.52. The van der Waals surface area contributed by atoms with Gasteiger partial charge in [-0.3, -0.25) is 0 Å². The number of hydrogen-bond donors (Lipinski definition) is 1. The van der Waals surface area contributed by atoms with Gasteiger partial charge in [0.05, 0.1) is 5.60 Å². The lowest BCUT2D eigenvalue weighted by Crippen LogP contribution is -2.38. The van der Waals surface area contributed by atoms with Crippen molar-refractivity contribution in [3.63, 3.8) is 0 Å². The second kappa shape index (κ2) is 6.66. The molecule has 0 bridgehead atoms. The minimum absolute atomic E-state index is 0.0640. The highest BCUT2D eigenvalue weighted by Crippen LogP contribution is 2.06. The summed E-state index contributed by atoms with van der Waals surface area (Å²) in [5, 5.41) is 3.43. The van der Waals surface area contributed by atoms with E-state index in [0.29, 0.717) is 0 Å². The van der Waals surface area contributed by atoms with Crippen molar-refractivity contribution in [2.75, 3.05) is 19.7 Å². The molecule has 90 valence electrons. The fourth-order valence-electron chi connectivity index (χ4n) is 1.71. The number of ether oxygens (including phenoxy) is 1. The molecule has 16 heavy (non-hydrogen) atoms. The van der Waals surface area contributed by atoms with E-state index < -0.39 is 0 Å². The molecule has 1 aromatic rings. The number of nitrogens with one attached hydrogen (secondary N) is 1. The van der Waals surface area contributed by atoms with Gasteiger partial charge in [-0.25, -0.2) is 0 Å². The van der Waals surface area contributed by atoms with Crippen LogP contribution in [0.25, 0.3) is 0 Å². The summed E-state index contributed by atoms with van der Waals surface area (Å²) < 4.78 is 5.62. The number of rotatable bonds is 7. The minimum Gasteiger partial charge on any atom is -0.375 e. The van der Waals surface area contributed by atoms with Crippen LogP contribution in [-0.4, -0.2) is 25.3 Å². The molecule has 1 N–H and O–H groups in total. The number of benzene rings is 1. The molecule has 1 rings (SSSR count). The van der Waals surface area contributed by atoms with Gasteiger partial charge in [-0.05, 0) is 39.3 Å². The fourth-order valence-corrected chi connectivity index (χ4v) is 1.71. The van der Waals surface area contributed by atoms with Gasteiger partial charge in [-0.15, -0.1) is 0 Å². The molecule has 2 heteroatoms. The van der Waals surface area contributed by atoms with Crippen LogP contribution in [0.2, 0.25) is 0 Å². The van der Waals surface area contributed by atoms with Crippen LogP contribution in [0.15, 0.2) is 30.3 Å². The highest BCUT2D eigenvalue weighted by Gasteiger charge is 2.16. The Balaban J connectivity index is 2.17. The van der Waals surface area contributed by atoms with Gasteiger partial charge in [0, 0.05) is 13.2 Å². The van der Waals surface area contributed by atoms with E-state index in [2.05, 4.69) is 49.5 Å². The average Bonchev–Trinajstić information content (AvgIpc) is 2.26. The topological polar surface area (TPSA) is 21.3 Å². The third-order valence-electron chi connectivity index (χ3n) is 2.52. The van der Waals surface area contributed by atoms with Gasteiger partial charge in [0.2, 0.25) is 0 Å². The first-order valence-corrected chi connectivity index (χ1v) is 6.02. The Morgan fingerprint density at radius 3 is 2.50 bits per heavy atom. The molecule has 0 saturated carbocycles. The summed E-state index contributed by atoms with van der Waals surface area (Å²) in [6.07, 6.45) is 1.07. The third kappa shape index (κ3) is 5.29. The Hall–Kier alpha value is -0.860. The van der Waals surface area contributed by atoms with Crippen molar-refractivity contribution >= 4 is 0 Å². The van der Waals surface area contributed by atoms with E-state index in [0.717, 1.165) is 26.1 Å². The maximum Gasteiger partial charge on any atom is 0.0750 e. The Morgan fingerprint density at radius 1 is 1.19 bits per heavy atom. The normalized spacial score (nSPS) is 11.7. The first kappa shape index (κ1) is 13.2. The maximum absolute atomic E-state index is 5.62. The summed E-state index contributed by atoms with van der Waals surface area (Å²) in [5.74, 6) is 0. The molecular weight excluding hydrogens is 198 g/mol. The second-order valence-corrected chi connectivity index (χ2v) is 4.61. The van der Waals surface area contributed by atoms with Gasteiger partial charge in [0.25, 0.3) is 0 Å². The van der Waals surface area contributed by atoms with Crippen LogP contribution in [0.4, 0.5) is 0 Å². The number of hydrogen-bond acceptors (Lipinski definition) is 2. The van der Waals surface area contributed by atoms with Crippen molar-refractivity contribution in [2.45, 2.75) is 32.8 Å². The van der Waals surface area contributed by atoms with Crippen molar-refractivity contribution in [2.24, 2.45) is 0 Å². The van der Waals surface area contributed by atoms with E-state index in [9.17, 15) is 0 Å². The first-order valence-electron chi connectivity index (χ1n) is 6.02. The maximum atomic E-state index is 5.62. The summed E-state index contributed by atoms with van der Waals surface area (Å²) in [5.41, 5.74) is 1.31. The van der Waals surface area contributed by atoms with Gasteiger partial charge in [-0.1, -0.05) is 30.3 Å². The van der Waals surface area contributed by atoms with E-state index in [1.807, 2.05) is 6.92 Å². The summed E-state index contributed by atoms with van der Waals surface area (Å²) in [6.45, 7) is 8.94. The molecule has 0 aliphatic heterocycles. The molecule has 0 fully saturated rings. The Labute approximate surface area is 99.0 Å². The molecule has 0 unspecified atom stereocenters. The highest BCUT2D eigenvalue weighted by molar-refractivity contribution is 5.14. The van der Waals surface area contributed by atoms with E-state index >= 15 is 0 Å². The quantitative estimate of drug-likeness (QED) is 0.715. The lowest BCUT2D eigenvalue weighted by Gasteiger charge is -2.25. The van der Waals surface area contributed by atoms with Gasteiger partial charge >= 0.3 is 0 Å². The van der Waals surface area contributed by atoms with Crippen molar-refractivity contribution in [3.8, 4) is 0 Å². The first-order chi connectivity index (χ1) is 7.64. The van der Waals surface area contributed by atoms with Crippen molar-refractivity contribution in [1.82, 2.24) is 5.32 Å². The van der Waals surface area contributed by atoms with E-state index in [-0.39, 0.29) is 5.60 Å². The van der Waals surface area contributed by atoms with Crippen molar-refractivity contribution in [3.05, 3.63) is 35.9 Å². The van der Waals surface area contributed by atoms with E-state index in [1.54, 1.807) is 0 Å². The molecule has 0 spiro atoms. The predicted octanol–water partition coefficient (Wildman–Crippen LogP) is 2.63. The summed E-state index contributed by atoms with van der Waals surface area (Å²) in [7, 11) is 0. The zero-order valence-corrected chi connectivity index (χ0v) is 10.6. The lowest BCUT2D eigenvalue weighted by molar-refractivity contribution is -0.00857. The summed E-state index contributed by atoms with van der Waals surface area (Å²) in [6, 6.07) is 10.5. The monoisotopic (exact) mass is 221 g/mol. The molecule has 1 aromatic carbocycles. The lowest BCUT2D eigenvalue weighted by atomic mass is 10.1. The van der Waals surface area contributed by atoms with E-state index in [4.69, 9.17) is 4.74 Å². The van der Waals surface area contributed by atoms with Gasteiger partial charge in [0.15, 0.2) is 0 Å². The average molecular weight is 221 g/mol. The van der Waals surface area contributed by atoms with Crippen LogP contribution in [0, 0.1) is 0 Å². The molecule has 0 radical (unpaired) electrons. The van der Waals surface area contributed by atoms with Crippen molar-refractivity contribution in [1.29, 1.82) is 0 Å². The van der Waals surface area contributed by atoms with Crippen LogP contribution in [0.1, 0.15) is 26.3 Å². The molecule has 0 amide bonds. The van der Waals surface area contributed by atoms with Gasteiger partial charge in [-0.2, -0.15) is 0 Å². The smallest absolute Gasteiger partial charge is 0.0750 e. The fraction of sp³-hybridized carbons (Fsp3) is 0.571. The standard InChI is InChI=1S/C14H23NO/c1-4-16-14(2,3)12-15-11-10-13-8-6-5-7-9-13/h5-9,15H,4,10-12H2,1-3H3. The van der Waals surface area contributed by atoms with Crippen LogP contribution in [-0.2, 0) is 11.2 Å². The molecule has 0 atom stereocenters. The second-order valence-electron chi connectivity index (χ2n) is 4.61. The molecule has 0 aliphatic carbocycles. The molecular formula is C14H23NO. The molecule has 0 aliphatic rings. The van der Waals surface area contributed by atoms with Gasteiger partial charge in [0.1, 0.15) is 0 Å². The van der Waals surface area contributed by atoms with Crippen LogP contribution in [0.5, 0.6) is 0 Å². The van der Waals surface area contributed by atoms with E-state index in [1.165, 1.54) is 5.56 Å². The molecule has 0 heterocycles. The summed E-state index contributed by atoms with van der Waals surface area (Å²) >= 11 is 0. The predicted molar refractivity (Wildman–Crippen MR) is 68.7 cm³/mol. The summed E-state index contributed by atoms with van der Waals surface area (Å²) in [4.78, 5) is 0. The zero-order valence-electron chi connectivity index (χ0n) is 10.6. The highest BCUT2D eigenvalue weighted by atomic mass is 16.5. The van der Waals surface area contributed by atoms with Crippen LogP contribution >= 0.6 is 0 Å². The Morgan fingerprint density at radius 2 is 1.88 bits per heavy atom. The Bertz CT molecular complexity index is 282. The SMILES string of the molecule is CCOC(C)(C)CNCCc1ccccc1. The van der Waals surface area contributed by atoms with Crippen LogP contribution in [0.3, 0.4) is 0 Å².